The molecule has 0 amide bonds. The summed E-state index contributed by atoms with van der Waals surface area (Å²) in [5.74, 6) is 0.815. The van der Waals surface area contributed by atoms with Crippen LogP contribution in [0.1, 0.15) is 13.8 Å². The zero-order chi connectivity index (χ0) is 7.56. The van der Waals surface area contributed by atoms with Crippen molar-refractivity contribution in [1.29, 1.82) is 0 Å². The summed E-state index contributed by atoms with van der Waals surface area (Å²) in [4.78, 5) is 0. The Hall–Kier alpha value is -0.900. The second-order valence-electron chi connectivity index (χ2n) is 2.41. The van der Waals surface area contributed by atoms with E-state index < -0.39 is 0 Å². The lowest BCUT2D eigenvalue weighted by molar-refractivity contribution is 0.0964. The maximum Gasteiger partial charge on any atom is 0.223 e. The van der Waals surface area contributed by atoms with E-state index in [4.69, 9.17) is 4.74 Å². The molecule has 0 atom stereocenters. The Labute approximate surface area is 60.8 Å². The molecule has 0 aromatic carbocycles. The highest BCUT2D eigenvalue weighted by Gasteiger charge is 2.17. The SMILES string of the molecule is COC1=CNNN1C(C)C. The largest absolute Gasteiger partial charge is 0.480 e. The maximum atomic E-state index is 5.05. The van der Waals surface area contributed by atoms with E-state index in [1.807, 2.05) is 5.01 Å². The summed E-state index contributed by atoms with van der Waals surface area (Å²) in [7, 11) is 1.65. The molecule has 4 heteroatoms. The highest BCUT2D eigenvalue weighted by atomic mass is 16.5. The topological polar surface area (TPSA) is 36.5 Å². The lowest BCUT2D eigenvalue weighted by Crippen LogP contribution is -2.42. The third-order valence-electron chi connectivity index (χ3n) is 1.34. The van der Waals surface area contributed by atoms with Crippen molar-refractivity contribution < 1.29 is 4.74 Å². The van der Waals surface area contributed by atoms with Crippen LogP contribution >= 0.6 is 0 Å². The van der Waals surface area contributed by atoms with Crippen LogP contribution in [-0.2, 0) is 4.74 Å². The number of ether oxygens (including phenoxy) is 1. The summed E-state index contributed by atoms with van der Waals surface area (Å²) in [6.07, 6.45) is 1.78. The van der Waals surface area contributed by atoms with Crippen molar-refractivity contribution in [2.24, 2.45) is 0 Å². The van der Waals surface area contributed by atoms with E-state index in [0.29, 0.717) is 6.04 Å². The maximum absolute atomic E-state index is 5.05. The van der Waals surface area contributed by atoms with E-state index in [0.717, 1.165) is 5.88 Å². The molecule has 10 heavy (non-hydrogen) atoms. The fourth-order valence-corrected chi connectivity index (χ4v) is 0.829. The van der Waals surface area contributed by atoms with Crippen LogP contribution in [0.3, 0.4) is 0 Å². The van der Waals surface area contributed by atoms with Crippen molar-refractivity contribution >= 4 is 0 Å². The van der Waals surface area contributed by atoms with Crippen LogP contribution in [-0.4, -0.2) is 18.2 Å². The van der Waals surface area contributed by atoms with Crippen LogP contribution in [0.2, 0.25) is 0 Å². The summed E-state index contributed by atoms with van der Waals surface area (Å²) < 4.78 is 5.05. The Morgan fingerprint density at radius 1 is 1.60 bits per heavy atom. The fraction of sp³-hybridized carbons (Fsp3) is 0.667. The standard InChI is InChI=1S/C6H13N3O/c1-5(2)9-6(10-3)4-7-8-9/h4-5,7-8H,1-3H3. The summed E-state index contributed by atoms with van der Waals surface area (Å²) in [6.45, 7) is 4.15. The minimum absolute atomic E-state index is 0.390. The zero-order valence-electron chi connectivity index (χ0n) is 6.51. The molecule has 58 valence electrons. The molecule has 1 rings (SSSR count). The zero-order valence-corrected chi connectivity index (χ0v) is 6.51. The monoisotopic (exact) mass is 143 g/mol. The number of nitrogens with one attached hydrogen (secondary N) is 2. The minimum atomic E-state index is 0.390. The molecule has 4 nitrogen and oxygen atoms in total. The molecule has 0 unspecified atom stereocenters. The molecule has 0 fully saturated rings. The van der Waals surface area contributed by atoms with Gasteiger partial charge in [0.2, 0.25) is 5.88 Å². The molecule has 0 spiro atoms. The molecule has 1 aliphatic rings. The van der Waals surface area contributed by atoms with E-state index in [9.17, 15) is 0 Å². The van der Waals surface area contributed by atoms with Crippen LogP contribution in [0.5, 0.6) is 0 Å². The third kappa shape index (κ3) is 1.16. The van der Waals surface area contributed by atoms with Crippen molar-refractivity contribution in [1.82, 2.24) is 16.0 Å². The average Bonchev–Trinajstić information content (AvgIpc) is 2.33. The molecule has 0 saturated heterocycles. The van der Waals surface area contributed by atoms with Gasteiger partial charge in [0.25, 0.3) is 0 Å². The summed E-state index contributed by atoms with van der Waals surface area (Å²) in [6, 6.07) is 0.390. The second-order valence-corrected chi connectivity index (χ2v) is 2.41. The Kier molecular flexibility index (Phi) is 2.01. The highest BCUT2D eigenvalue weighted by Crippen LogP contribution is 2.08. The van der Waals surface area contributed by atoms with Gasteiger partial charge in [-0.05, 0) is 13.8 Å². The van der Waals surface area contributed by atoms with Gasteiger partial charge < -0.3 is 10.2 Å². The van der Waals surface area contributed by atoms with E-state index >= 15 is 0 Å². The van der Waals surface area contributed by atoms with Crippen LogP contribution in [0.25, 0.3) is 0 Å². The van der Waals surface area contributed by atoms with Crippen molar-refractivity contribution in [2.45, 2.75) is 19.9 Å². The molecule has 1 aliphatic heterocycles. The van der Waals surface area contributed by atoms with Gasteiger partial charge in [-0.15, -0.1) is 5.53 Å². The average molecular weight is 143 g/mol. The minimum Gasteiger partial charge on any atom is -0.480 e. The summed E-state index contributed by atoms with van der Waals surface area (Å²) in [5, 5.41) is 1.90. The van der Waals surface area contributed by atoms with Gasteiger partial charge >= 0.3 is 0 Å². The van der Waals surface area contributed by atoms with E-state index in [1.54, 1.807) is 13.3 Å². The van der Waals surface area contributed by atoms with Crippen LogP contribution in [0.4, 0.5) is 0 Å². The first-order valence-electron chi connectivity index (χ1n) is 3.30. The third-order valence-corrected chi connectivity index (χ3v) is 1.34. The number of hydrogen-bond donors (Lipinski definition) is 2. The van der Waals surface area contributed by atoms with Crippen molar-refractivity contribution in [3.05, 3.63) is 12.1 Å². The number of hydrazine groups is 2. The normalized spacial score (nSPS) is 17.2. The lowest BCUT2D eigenvalue weighted by Gasteiger charge is -2.23. The van der Waals surface area contributed by atoms with E-state index in [-0.39, 0.29) is 0 Å². The number of methoxy groups -OCH3 is 1. The quantitative estimate of drug-likeness (QED) is 0.577. The van der Waals surface area contributed by atoms with E-state index in [1.165, 1.54) is 0 Å². The van der Waals surface area contributed by atoms with Gasteiger partial charge in [-0.3, -0.25) is 5.01 Å². The van der Waals surface area contributed by atoms with Crippen molar-refractivity contribution in [3.63, 3.8) is 0 Å². The number of rotatable bonds is 2. The fourth-order valence-electron chi connectivity index (χ4n) is 0.829. The summed E-state index contributed by atoms with van der Waals surface area (Å²) >= 11 is 0. The Morgan fingerprint density at radius 3 is 2.70 bits per heavy atom. The lowest BCUT2D eigenvalue weighted by atomic mass is 10.4. The Balaban J connectivity index is 2.54. The van der Waals surface area contributed by atoms with Gasteiger partial charge in [-0.2, -0.15) is 0 Å². The van der Waals surface area contributed by atoms with Gasteiger partial charge in [0.15, 0.2) is 0 Å². The van der Waals surface area contributed by atoms with Gasteiger partial charge in [-0.25, -0.2) is 0 Å². The van der Waals surface area contributed by atoms with Gasteiger partial charge in [0.1, 0.15) is 0 Å². The summed E-state index contributed by atoms with van der Waals surface area (Å²) in [5.41, 5.74) is 5.77. The first-order valence-corrected chi connectivity index (χ1v) is 3.30. The predicted molar refractivity (Wildman–Crippen MR) is 38.3 cm³/mol. The molecule has 1 heterocycles. The molecular weight excluding hydrogens is 130 g/mol. The molecule has 0 radical (unpaired) electrons. The predicted octanol–water partition coefficient (Wildman–Crippen LogP) is 0.165. The van der Waals surface area contributed by atoms with Crippen LogP contribution < -0.4 is 11.0 Å². The van der Waals surface area contributed by atoms with Crippen LogP contribution in [0, 0.1) is 0 Å². The van der Waals surface area contributed by atoms with Gasteiger partial charge in [0, 0.05) is 6.04 Å². The first-order chi connectivity index (χ1) is 4.75. The number of hydrogen-bond acceptors (Lipinski definition) is 4. The first kappa shape index (κ1) is 7.21. The molecule has 0 aromatic rings. The molecule has 0 aromatic heterocycles. The molecule has 0 aliphatic carbocycles. The molecule has 0 bridgehead atoms. The molecule has 0 saturated carbocycles. The van der Waals surface area contributed by atoms with Gasteiger partial charge in [-0.1, -0.05) is 0 Å². The number of nitrogens with zero attached hydrogens (tertiary/aromatic N) is 1. The molecule has 2 N–H and O–H groups in total. The highest BCUT2D eigenvalue weighted by molar-refractivity contribution is 4.94. The Bertz CT molecular complexity index is 144. The molecular formula is C6H13N3O. The van der Waals surface area contributed by atoms with Crippen molar-refractivity contribution in [2.75, 3.05) is 7.11 Å². The smallest absolute Gasteiger partial charge is 0.223 e. The van der Waals surface area contributed by atoms with Crippen LogP contribution in [0.15, 0.2) is 12.1 Å². The van der Waals surface area contributed by atoms with Crippen molar-refractivity contribution in [3.8, 4) is 0 Å². The second kappa shape index (κ2) is 2.79. The van der Waals surface area contributed by atoms with Gasteiger partial charge in [0.05, 0.1) is 13.3 Å². The Morgan fingerprint density at radius 2 is 2.30 bits per heavy atom. The van der Waals surface area contributed by atoms with E-state index in [2.05, 4.69) is 24.8 Å².